The molecule has 0 aliphatic carbocycles. The molecule has 0 amide bonds. The van der Waals surface area contributed by atoms with Crippen LogP contribution in [0.5, 0.6) is 0 Å². The largest absolute Gasteiger partial charge is 0.478 e. The lowest BCUT2D eigenvalue weighted by Gasteiger charge is -2.17. The average molecular weight is 285 g/mol. The van der Waals surface area contributed by atoms with Gasteiger partial charge in [-0.25, -0.2) is 13.6 Å². The second-order valence-electron chi connectivity index (χ2n) is 4.92. The highest BCUT2D eigenvalue weighted by atomic mass is 19.1. The Morgan fingerprint density at radius 3 is 2.35 bits per heavy atom. The first-order chi connectivity index (χ1) is 9.49. The standard InChI is InChI=1S/C15H21F2NO2/c1-3-5-6-10(4-2)9-18-14-12(16)7-11(15(19)20)8-13(14)17/h7-8,10,18H,3-6,9H2,1-2H3,(H,19,20). The fraction of sp³-hybridized carbons (Fsp3) is 0.533. The van der Waals surface area contributed by atoms with Gasteiger partial charge >= 0.3 is 5.97 Å². The Hall–Kier alpha value is -1.65. The molecule has 0 saturated carbocycles. The average Bonchev–Trinajstić information content (AvgIpc) is 2.40. The lowest BCUT2D eigenvalue weighted by Crippen LogP contribution is -2.16. The molecule has 0 spiro atoms. The van der Waals surface area contributed by atoms with Gasteiger partial charge in [0.2, 0.25) is 0 Å². The van der Waals surface area contributed by atoms with E-state index in [2.05, 4.69) is 12.2 Å². The number of hydrogen-bond donors (Lipinski definition) is 2. The number of halogens is 2. The Labute approximate surface area is 118 Å². The summed E-state index contributed by atoms with van der Waals surface area (Å²) in [5.41, 5.74) is -0.631. The molecule has 20 heavy (non-hydrogen) atoms. The first-order valence-electron chi connectivity index (χ1n) is 6.95. The molecule has 0 aromatic heterocycles. The van der Waals surface area contributed by atoms with Crippen molar-refractivity contribution in [2.24, 2.45) is 5.92 Å². The molecule has 5 heteroatoms. The number of unbranched alkanes of at least 4 members (excludes halogenated alkanes) is 1. The van der Waals surface area contributed by atoms with Crippen molar-refractivity contribution in [2.45, 2.75) is 39.5 Å². The van der Waals surface area contributed by atoms with Gasteiger partial charge in [0.25, 0.3) is 0 Å². The quantitative estimate of drug-likeness (QED) is 0.749. The summed E-state index contributed by atoms with van der Waals surface area (Å²) in [6.07, 6.45) is 4.12. The van der Waals surface area contributed by atoms with E-state index in [4.69, 9.17) is 5.11 Å². The summed E-state index contributed by atoms with van der Waals surface area (Å²) < 4.78 is 27.4. The predicted octanol–water partition coefficient (Wildman–Crippen LogP) is 4.29. The lowest BCUT2D eigenvalue weighted by atomic mass is 9.99. The maximum Gasteiger partial charge on any atom is 0.335 e. The van der Waals surface area contributed by atoms with E-state index in [1.807, 2.05) is 6.92 Å². The monoisotopic (exact) mass is 285 g/mol. The Kier molecular flexibility index (Phi) is 6.42. The van der Waals surface area contributed by atoms with Gasteiger partial charge in [-0.2, -0.15) is 0 Å². The molecule has 1 rings (SSSR count). The molecule has 0 aliphatic heterocycles. The summed E-state index contributed by atoms with van der Waals surface area (Å²) in [5.74, 6) is -2.72. The van der Waals surface area contributed by atoms with Crippen LogP contribution in [0.2, 0.25) is 0 Å². The number of carbonyl (C=O) groups is 1. The number of benzene rings is 1. The first kappa shape index (κ1) is 16.4. The third-order valence-electron chi connectivity index (χ3n) is 3.40. The van der Waals surface area contributed by atoms with Crippen LogP contribution in [0.1, 0.15) is 49.9 Å². The van der Waals surface area contributed by atoms with Crippen LogP contribution in [0.25, 0.3) is 0 Å². The number of hydrogen-bond acceptors (Lipinski definition) is 2. The van der Waals surface area contributed by atoms with Gasteiger partial charge in [-0.3, -0.25) is 0 Å². The molecule has 2 N–H and O–H groups in total. The van der Waals surface area contributed by atoms with Gasteiger partial charge in [0.15, 0.2) is 0 Å². The van der Waals surface area contributed by atoms with E-state index in [1.165, 1.54) is 0 Å². The van der Waals surface area contributed by atoms with Crippen molar-refractivity contribution < 1.29 is 18.7 Å². The maximum absolute atomic E-state index is 13.7. The molecular formula is C15H21F2NO2. The molecule has 1 unspecified atom stereocenters. The normalized spacial score (nSPS) is 12.2. The van der Waals surface area contributed by atoms with Gasteiger partial charge in [-0.15, -0.1) is 0 Å². The van der Waals surface area contributed by atoms with E-state index in [-0.39, 0.29) is 11.3 Å². The van der Waals surface area contributed by atoms with Crippen LogP contribution in [0, 0.1) is 17.6 Å². The lowest BCUT2D eigenvalue weighted by molar-refractivity contribution is 0.0696. The number of carboxylic acid groups (broad SMARTS) is 1. The third-order valence-corrected chi connectivity index (χ3v) is 3.40. The van der Waals surface area contributed by atoms with Crippen LogP contribution in [-0.4, -0.2) is 17.6 Å². The molecule has 1 aromatic carbocycles. The summed E-state index contributed by atoms with van der Waals surface area (Å²) in [4.78, 5) is 10.7. The molecule has 0 aliphatic rings. The Morgan fingerprint density at radius 2 is 1.90 bits per heavy atom. The van der Waals surface area contributed by atoms with Crippen LogP contribution in [0.4, 0.5) is 14.5 Å². The number of rotatable bonds is 8. The van der Waals surface area contributed by atoms with E-state index in [0.717, 1.165) is 37.8 Å². The minimum atomic E-state index is -1.34. The zero-order valence-corrected chi connectivity index (χ0v) is 11.9. The number of carboxylic acids is 1. The fourth-order valence-electron chi connectivity index (χ4n) is 2.06. The third kappa shape index (κ3) is 4.47. The van der Waals surface area contributed by atoms with Crippen molar-refractivity contribution in [1.82, 2.24) is 0 Å². The second-order valence-corrected chi connectivity index (χ2v) is 4.92. The highest BCUT2D eigenvalue weighted by molar-refractivity contribution is 5.88. The SMILES string of the molecule is CCCCC(CC)CNc1c(F)cc(C(=O)O)cc1F. The Bertz CT molecular complexity index is 440. The molecule has 0 heterocycles. The van der Waals surface area contributed by atoms with E-state index >= 15 is 0 Å². The minimum absolute atomic E-state index is 0.245. The molecule has 0 saturated heterocycles. The minimum Gasteiger partial charge on any atom is -0.478 e. The molecular weight excluding hydrogens is 264 g/mol. The Morgan fingerprint density at radius 1 is 1.30 bits per heavy atom. The maximum atomic E-state index is 13.7. The highest BCUT2D eigenvalue weighted by Gasteiger charge is 2.15. The van der Waals surface area contributed by atoms with Crippen LogP contribution < -0.4 is 5.32 Å². The van der Waals surface area contributed by atoms with E-state index in [1.54, 1.807) is 0 Å². The fourth-order valence-corrected chi connectivity index (χ4v) is 2.06. The van der Waals surface area contributed by atoms with Crippen molar-refractivity contribution >= 4 is 11.7 Å². The van der Waals surface area contributed by atoms with Gasteiger partial charge in [0, 0.05) is 6.54 Å². The van der Waals surface area contributed by atoms with Crippen LogP contribution in [-0.2, 0) is 0 Å². The van der Waals surface area contributed by atoms with Gasteiger partial charge in [0.05, 0.1) is 5.56 Å². The van der Waals surface area contributed by atoms with Crippen molar-refractivity contribution in [2.75, 3.05) is 11.9 Å². The summed E-state index contributed by atoms with van der Waals surface area (Å²) >= 11 is 0. The molecule has 1 atom stereocenters. The second kappa shape index (κ2) is 7.82. The van der Waals surface area contributed by atoms with E-state index in [9.17, 15) is 13.6 Å². The predicted molar refractivity (Wildman–Crippen MR) is 75.1 cm³/mol. The molecule has 0 fully saturated rings. The number of anilines is 1. The number of aromatic carboxylic acids is 1. The summed E-state index contributed by atoms with van der Waals surface area (Å²) in [5, 5.41) is 11.5. The summed E-state index contributed by atoms with van der Waals surface area (Å²) in [6.45, 7) is 4.63. The Balaban J connectivity index is 2.75. The zero-order chi connectivity index (χ0) is 15.1. The van der Waals surface area contributed by atoms with Crippen molar-refractivity contribution in [3.05, 3.63) is 29.3 Å². The molecule has 3 nitrogen and oxygen atoms in total. The molecule has 0 bridgehead atoms. The van der Waals surface area contributed by atoms with Gasteiger partial charge in [-0.05, 0) is 24.5 Å². The van der Waals surface area contributed by atoms with Gasteiger partial charge in [-0.1, -0.05) is 33.1 Å². The topological polar surface area (TPSA) is 49.3 Å². The smallest absolute Gasteiger partial charge is 0.335 e. The van der Waals surface area contributed by atoms with Crippen molar-refractivity contribution in [1.29, 1.82) is 0 Å². The van der Waals surface area contributed by atoms with Crippen LogP contribution in [0.15, 0.2) is 12.1 Å². The van der Waals surface area contributed by atoms with Crippen LogP contribution in [0.3, 0.4) is 0 Å². The zero-order valence-electron chi connectivity index (χ0n) is 11.9. The van der Waals surface area contributed by atoms with Gasteiger partial charge < -0.3 is 10.4 Å². The highest BCUT2D eigenvalue weighted by Crippen LogP contribution is 2.22. The van der Waals surface area contributed by atoms with E-state index < -0.39 is 17.6 Å². The first-order valence-corrected chi connectivity index (χ1v) is 6.95. The molecule has 112 valence electrons. The summed E-state index contributed by atoms with van der Waals surface area (Å²) in [6, 6.07) is 1.67. The van der Waals surface area contributed by atoms with Crippen molar-refractivity contribution in [3.8, 4) is 0 Å². The van der Waals surface area contributed by atoms with Crippen molar-refractivity contribution in [3.63, 3.8) is 0 Å². The van der Waals surface area contributed by atoms with Crippen LogP contribution >= 0.6 is 0 Å². The molecule has 0 radical (unpaired) electrons. The van der Waals surface area contributed by atoms with E-state index in [0.29, 0.717) is 12.5 Å². The summed E-state index contributed by atoms with van der Waals surface area (Å²) in [7, 11) is 0. The van der Waals surface area contributed by atoms with Gasteiger partial charge in [0.1, 0.15) is 17.3 Å². The number of nitrogens with one attached hydrogen (secondary N) is 1. The molecule has 1 aromatic rings.